The zero-order chi connectivity index (χ0) is 21.7. The standard InChI is InChI=1S/C27H42O3/c1-17(6-5-7-18(2)25(29)30)22-10-11-23-21-9-8-19-16-20(28)12-14-26(19,3)24(21)13-15-27(22,23)4/h9,17-19,22-24H,5-8,10-16H2,1-4H3,(H,29,30)/t17-,18?,19+,22?,23?,24?,26+,27-/m1/s1. The second kappa shape index (κ2) is 8.10. The summed E-state index contributed by atoms with van der Waals surface area (Å²) in [5, 5.41) is 9.16. The summed E-state index contributed by atoms with van der Waals surface area (Å²) < 4.78 is 0. The molecule has 0 radical (unpaired) electrons. The highest BCUT2D eigenvalue weighted by molar-refractivity contribution is 5.79. The van der Waals surface area contributed by atoms with Crippen LogP contribution in [0.1, 0.15) is 98.3 Å². The minimum atomic E-state index is -0.658. The van der Waals surface area contributed by atoms with E-state index >= 15 is 0 Å². The lowest BCUT2D eigenvalue weighted by molar-refractivity contribution is -0.141. The van der Waals surface area contributed by atoms with E-state index in [9.17, 15) is 9.59 Å². The highest BCUT2D eigenvalue weighted by Gasteiger charge is 2.58. The van der Waals surface area contributed by atoms with Gasteiger partial charge in [-0.25, -0.2) is 0 Å². The summed E-state index contributed by atoms with van der Waals surface area (Å²) in [4.78, 5) is 23.2. The summed E-state index contributed by atoms with van der Waals surface area (Å²) in [5.74, 6) is 3.06. The van der Waals surface area contributed by atoms with Gasteiger partial charge < -0.3 is 5.11 Å². The summed E-state index contributed by atoms with van der Waals surface area (Å²) in [6.45, 7) is 9.34. The van der Waals surface area contributed by atoms with Crippen molar-refractivity contribution >= 4 is 11.8 Å². The van der Waals surface area contributed by atoms with Gasteiger partial charge in [0.25, 0.3) is 0 Å². The number of hydrogen-bond acceptors (Lipinski definition) is 2. The highest BCUT2D eigenvalue weighted by atomic mass is 16.4. The Labute approximate surface area is 183 Å². The fourth-order valence-electron chi connectivity index (χ4n) is 8.35. The van der Waals surface area contributed by atoms with Crippen LogP contribution >= 0.6 is 0 Å². The van der Waals surface area contributed by atoms with Crippen LogP contribution in [-0.2, 0) is 9.59 Å². The van der Waals surface area contributed by atoms with Gasteiger partial charge in [0.2, 0.25) is 0 Å². The summed E-state index contributed by atoms with van der Waals surface area (Å²) in [6.07, 6.45) is 14.7. The molecule has 0 aromatic rings. The third kappa shape index (κ3) is 3.58. The molecule has 0 aromatic heterocycles. The van der Waals surface area contributed by atoms with Crippen molar-refractivity contribution in [3.05, 3.63) is 11.6 Å². The van der Waals surface area contributed by atoms with Gasteiger partial charge in [-0.05, 0) is 85.4 Å². The number of hydrogen-bond donors (Lipinski definition) is 1. The monoisotopic (exact) mass is 414 g/mol. The lowest BCUT2D eigenvalue weighted by atomic mass is 9.47. The van der Waals surface area contributed by atoms with E-state index in [4.69, 9.17) is 5.11 Å². The Bertz CT molecular complexity index is 724. The molecule has 30 heavy (non-hydrogen) atoms. The molecule has 0 amide bonds. The third-order valence-electron chi connectivity index (χ3n) is 10.4. The normalized spacial score (nSPS) is 42.5. The fourth-order valence-corrected chi connectivity index (χ4v) is 8.35. The first-order chi connectivity index (χ1) is 14.2. The van der Waals surface area contributed by atoms with Crippen LogP contribution in [0.4, 0.5) is 0 Å². The van der Waals surface area contributed by atoms with E-state index in [2.05, 4.69) is 26.8 Å². The van der Waals surface area contributed by atoms with Gasteiger partial charge in [0, 0.05) is 12.8 Å². The molecule has 8 atom stereocenters. The van der Waals surface area contributed by atoms with Crippen molar-refractivity contribution in [1.29, 1.82) is 0 Å². The molecule has 4 aliphatic carbocycles. The molecule has 4 aliphatic rings. The van der Waals surface area contributed by atoms with Crippen molar-refractivity contribution in [3.8, 4) is 0 Å². The Morgan fingerprint density at radius 1 is 1.10 bits per heavy atom. The van der Waals surface area contributed by atoms with E-state index in [-0.39, 0.29) is 5.92 Å². The second-order valence-electron chi connectivity index (χ2n) is 11.9. The first kappa shape index (κ1) is 22.1. The van der Waals surface area contributed by atoms with Gasteiger partial charge in [-0.1, -0.05) is 52.2 Å². The van der Waals surface area contributed by atoms with Crippen LogP contribution in [0.25, 0.3) is 0 Å². The average Bonchev–Trinajstić information content (AvgIpc) is 3.05. The average molecular weight is 415 g/mol. The first-order valence-electron chi connectivity index (χ1n) is 12.6. The zero-order valence-corrected chi connectivity index (χ0v) is 19.6. The number of fused-ring (bicyclic) bond motifs is 5. The van der Waals surface area contributed by atoms with E-state index in [1.165, 1.54) is 25.7 Å². The molecule has 3 nitrogen and oxygen atoms in total. The number of carbonyl (C=O) groups is 2. The van der Waals surface area contributed by atoms with Gasteiger partial charge >= 0.3 is 5.97 Å². The van der Waals surface area contributed by atoms with Gasteiger partial charge in [0.15, 0.2) is 0 Å². The van der Waals surface area contributed by atoms with Gasteiger partial charge in [-0.3, -0.25) is 9.59 Å². The molecule has 3 saturated carbocycles. The minimum Gasteiger partial charge on any atom is -0.481 e. The molecular formula is C27H42O3. The summed E-state index contributed by atoms with van der Waals surface area (Å²) in [7, 11) is 0. The Morgan fingerprint density at radius 3 is 2.57 bits per heavy atom. The Hall–Kier alpha value is -1.12. The van der Waals surface area contributed by atoms with E-state index in [1.807, 2.05) is 6.92 Å². The predicted molar refractivity (Wildman–Crippen MR) is 120 cm³/mol. The zero-order valence-electron chi connectivity index (χ0n) is 19.6. The van der Waals surface area contributed by atoms with E-state index in [0.29, 0.717) is 34.4 Å². The molecule has 0 spiro atoms. The molecule has 4 rings (SSSR count). The van der Waals surface area contributed by atoms with Crippen molar-refractivity contribution in [2.24, 2.45) is 46.3 Å². The topological polar surface area (TPSA) is 54.4 Å². The van der Waals surface area contributed by atoms with Gasteiger partial charge in [0.1, 0.15) is 5.78 Å². The van der Waals surface area contributed by atoms with E-state index in [0.717, 1.165) is 56.8 Å². The van der Waals surface area contributed by atoms with Crippen LogP contribution in [0.3, 0.4) is 0 Å². The molecule has 0 heterocycles. The number of rotatable bonds is 6. The first-order valence-corrected chi connectivity index (χ1v) is 12.6. The summed E-state index contributed by atoms with van der Waals surface area (Å²) >= 11 is 0. The largest absolute Gasteiger partial charge is 0.481 e. The molecule has 0 bridgehead atoms. The van der Waals surface area contributed by atoms with Crippen molar-refractivity contribution in [1.82, 2.24) is 0 Å². The number of ketones is 1. The minimum absolute atomic E-state index is 0.219. The number of Topliss-reactive ketones (excluding diaryl/α,β-unsaturated/α-hetero) is 1. The summed E-state index contributed by atoms with van der Waals surface area (Å²) in [6, 6.07) is 0. The van der Waals surface area contributed by atoms with Crippen LogP contribution in [0.2, 0.25) is 0 Å². The smallest absolute Gasteiger partial charge is 0.306 e. The van der Waals surface area contributed by atoms with Gasteiger partial charge in [-0.2, -0.15) is 0 Å². The number of carboxylic acids is 1. The maximum Gasteiger partial charge on any atom is 0.306 e. The predicted octanol–water partition coefficient (Wildman–Crippen LogP) is 6.66. The number of aliphatic carboxylic acids is 1. The van der Waals surface area contributed by atoms with Crippen LogP contribution in [0.15, 0.2) is 11.6 Å². The van der Waals surface area contributed by atoms with Crippen molar-refractivity contribution in [3.63, 3.8) is 0 Å². The van der Waals surface area contributed by atoms with Crippen molar-refractivity contribution in [2.45, 2.75) is 98.3 Å². The van der Waals surface area contributed by atoms with E-state index in [1.54, 1.807) is 5.57 Å². The lowest BCUT2D eigenvalue weighted by Crippen LogP contribution is -2.49. The third-order valence-corrected chi connectivity index (χ3v) is 10.4. The van der Waals surface area contributed by atoms with Crippen LogP contribution in [-0.4, -0.2) is 16.9 Å². The maximum absolute atomic E-state index is 12.1. The lowest BCUT2D eigenvalue weighted by Gasteiger charge is -2.57. The van der Waals surface area contributed by atoms with Crippen molar-refractivity contribution < 1.29 is 14.7 Å². The Morgan fingerprint density at radius 2 is 1.83 bits per heavy atom. The second-order valence-corrected chi connectivity index (χ2v) is 11.9. The molecule has 0 aromatic carbocycles. The van der Waals surface area contributed by atoms with E-state index < -0.39 is 5.97 Å². The molecule has 3 heteroatoms. The molecule has 1 N–H and O–H groups in total. The van der Waals surface area contributed by atoms with Crippen LogP contribution in [0, 0.1) is 46.3 Å². The summed E-state index contributed by atoms with van der Waals surface area (Å²) in [5.41, 5.74) is 2.52. The number of allylic oxidation sites excluding steroid dienone is 2. The van der Waals surface area contributed by atoms with Crippen molar-refractivity contribution in [2.75, 3.05) is 0 Å². The molecule has 0 saturated heterocycles. The Kier molecular flexibility index (Phi) is 5.96. The van der Waals surface area contributed by atoms with Gasteiger partial charge in [-0.15, -0.1) is 0 Å². The molecule has 4 unspecified atom stereocenters. The fraction of sp³-hybridized carbons (Fsp3) is 0.852. The number of carboxylic acid groups (broad SMARTS) is 1. The highest BCUT2D eigenvalue weighted by Crippen LogP contribution is 2.66. The Balaban J connectivity index is 1.46. The maximum atomic E-state index is 12.1. The van der Waals surface area contributed by atoms with Crippen LogP contribution in [0.5, 0.6) is 0 Å². The van der Waals surface area contributed by atoms with Crippen LogP contribution < -0.4 is 0 Å². The van der Waals surface area contributed by atoms with Gasteiger partial charge in [0.05, 0.1) is 5.92 Å². The molecular weight excluding hydrogens is 372 g/mol. The number of carbonyl (C=O) groups excluding carboxylic acids is 1. The molecule has 0 aliphatic heterocycles. The molecule has 3 fully saturated rings. The molecule has 168 valence electrons. The quantitative estimate of drug-likeness (QED) is 0.494. The SMILES string of the molecule is CC(CCC[C@@H](C)C1CCC2C3=CC[C@H]4CC(=O)CC[C@]4(C)C3CC[C@@]21C)C(=O)O.